The molecule has 0 fully saturated rings. The van der Waals surface area contributed by atoms with Crippen LogP contribution in [0.5, 0.6) is 0 Å². The number of aryl methyl sites for hydroxylation is 1. The third-order valence-corrected chi connectivity index (χ3v) is 3.30. The fourth-order valence-electron chi connectivity index (χ4n) is 1.25. The summed E-state index contributed by atoms with van der Waals surface area (Å²) in [5.41, 5.74) is 0. The van der Waals surface area contributed by atoms with Crippen LogP contribution < -0.4 is 5.32 Å². The molecule has 5 heteroatoms. The van der Waals surface area contributed by atoms with Crippen molar-refractivity contribution >= 4 is 11.8 Å². The van der Waals surface area contributed by atoms with E-state index >= 15 is 0 Å². The molecular weight excluding hydrogens is 208 g/mol. The second-order valence-corrected chi connectivity index (χ2v) is 4.84. The Kier molecular flexibility index (Phi) is 5.71. The van der Waals surface area contributed by atoms with E-state index in [1.807, 2.05) is 30.3 Å². The monoisotopic (exact) mass is 228 g/mol. The molecule has 15 heavy (non-hydrogen) atoms. The molecule has 86 valence electrons. The first-order valence-corrected chi connectivity index (χ1v) is 6.54. The van der Waals surface area contributed by atoms with Gasteiger partial charge in [0.15, 0.2) is 0 Å². The standard InChI is InChI=1S/C10H20N4S/c1-4-15-7-5-6-11-8-10-13-12-9(2)14(10)3/h11H,4-8H2,1-3H3. The molecule has 0 aliphatic rings. The number of nitrogens with zero attached hydrogens (tertiary/aromatic N) is 3. The summed E-state index contributed by atoms with van der Waals surface area (Å²) < 4.78 is 2.02. The number of rotatable bonds is 7. The summed E-state index contributed by atoms with van der Waals surface area (Å²) in [6.45, 7) is 6.03. The zero-order chi connectivity index (χ0) is 11.1. The number of hydrogen-bond donors (Lipinski definition) is 1. The molecule has 0 aliphatic heterocycles. The lowest BCUT2D eigenvalue weighted by molar-refractivity contribution is 0.628. The molecule has 0 spiro atoms. The smallest absolute Gasteiger partial charge is 0.146 e. The fourth-order valence-corrected chi connectivity index (χ4v) is 1.89. The van der Waals surface area contributed by atoms with Gasteiger partial charge in [0.05, 0.1) is 6.54 Å². The first-order chi connectivity index (χ1) is 7.25. The van der Waals surface area contributed by atoms with E-state index in [-0.39, 0.29) is 0 Å². The summed E-state index contributed by atoms with van der Waals surface area (Å²) >= 11 is 1.99. The van der Waals surface area contributed by atoms with E-state index < -0.39 is 0 Å². The van der Waals surface area contributed by atoms with Gasteiger partial charge in [0.2, 0.25) is 0 Å². The maximum absolute atomic E-state index is 4.09. The van der Waals surface area contributed by atoms with Crippen molar-refractivity contribution in [3.8, 4) is 0 Å². The second-order valence-electron chi connectivity index (χ2n) is 3.45. The number of thioether (sulfide) groups is 1. The van der Waals surface area contributed by atoms with Crippen molar-refractivity contribution < 1.29 is 0 Å². The molecular formula is C10H20N4S. The molecule has 0 saturated carbocycles. The highest BCUT2D eigenvalue weighted by molar-refractivity contribution is 7.99. The van der Waals surface area contributed by atoms with Gasteiger partial charge >= 0.3 is 0 Å². The van der Waals surface area contributed by atoms with Gasteiger partial charge in [-0.05, 0) is 31.4 Å². The largest absolute Gasteiger partial charge is 0.317 e. The van der Waals surface area contributed by atoms with Gasteiger partial charge in [-0.1, -0.05) is 6.92 Å². The fraction of sp³-hybridized carbons (Fsp3) is 0.800. The predicted octanol–water partition coefficient (Wildman–Crippen LogP) is 1.36. The molecule has 0 saturated heterocycles. The zero-order valence-corrected chi connectivity index (χ0v) is 10.6. The van der Waals surface area contributed by atoms with Crippen LogP contribution in [-0.4, -0.2) is 32.8 Å². The zero-order valence-electron chi connectivity index (χ0n) is 9.79. The number of aromatic nitrogens is 3. The van der Waals surface area contributed by atoms with Crippen LogP contribution >= 0.6 is 11.8 Å². The van der Waals surface area contributed by atoms with Crippen LogP contribution in [-0.2, 0) is 13.6 Å². The molecule has 0 unspecified atom stereocenters. The van der Waals surface area contributed by atoms with Crippen LogP contribution in [0.3, 0.4) is 0 Å². The van der Waals surface area contributed by atoms with Gasteiger partial charge in [-0.25, -0.2) is 0 Å². The topological polar surface area (TPSA) is 42.7 Å². The molecule has 1 aromatic heterocycles. The normalized spacial score (nSPS) is 10.9. The molecule has 1 N–H and O–H groups in total. The van der Waals surface area contributed by atoms with Crippen molar-refractivity contribution in [3.05, 3.63) is 11.6 Å². The van der Waals surface area contributed by atoms with Crippen LogP contribution in [0.2, 0.25) is 0 Å². The van der Waals surface area contributed by atoms with Crippen LogP contribution in [0.1, 0.15) is 25.0 Å². The van der Waals surface area contributed by atoms with E-state index in [1.165, 1.54) is 17.9 Å². The molecule has 4 nitrogen and oxygen atoms in total. The van der Waals surface area contributed by atoms with Crippen molar-refractivity contribution in [2.45, 2.75) is 26.8 Å². The highest BCUT2D eigenvalue weighted by Crippen LogP contribution is 2.00. The van der Waals surface area contributed by atoms with Crippen LogP contribution in [0.25, 0.3) is 0 Å². The minimum atomic E-state index is 0.814. The van der Waals surface area contributed by atoms with Crippen molar-refractivity contribution in [2.24, 2.45) is 7.05 Å². The van der Waals surface area contributed by atoms with Crippen molar-refractivity contribution in [1.29, 1.82) is 0 Å². The van der Waals surface area contributed by atoms with Gasteiger partial charge in [-0.15, -0.1) is 10.2 Å². The second kappa shape index (κ2) is 6.85. The molecule has 1 heterocycles. The number of hydrogen-bond acceptors (Lipinski definition) is 4. The average molecular weight is 228 g/mol. The van der Waals surface area contributed by atoms with Gasteiger partial charge in [-0.3, -0.25) is 0 Å². The minimum absolute atomic E-state index is 0.814. The van der Waals surface area contributed by atoms with E-state index in [2.05, 4.69) is 22.4 Å². The molecule has 0 aromatic carbocycles. The lowest BCUT2D eigenvalue weighted by atomic mass is 10.4. The van der Waals surface area contributed by atoms with Gasteiger partial charge in [0.1, 0.15) is 11.6 Å². The lowest BCUT2D eigenvalue weighted by Gasteiger charge is -2.04. The molecule has 0 amide bonds. The summed E-state index contributed by atoms with van der Waals surface area (Å²) in [4.78, 5) is 0. The van der Waals surface area contributed by atoms with E-state index in [1.54, 1.807) is 0 Å². The Morgan fingerprint density at radius 2 is 2.20 bits per heavy atom. The molecule has 1 rings (SSSR count). The average Bonchev–Trinajstić information content (AvgIpc) is 2.54. The van der Waals surface area contributed by atoms with E-state index in [9.17, 15) is 0 Å². The first kappa shape index (κ1) is 12.5. The summed E-state index contributed by atoms with van der Waals surface area (Å²) in [5, 5.41) is 11.5. The van der Waals surface area contributed by atoms with Gasteiger partial charge < -0.3 is 9.88 Å². The van der Waals surface area contributed by atoms with Gasteiger partial charge in [0, 0.05) is 7.05 Å². The highest BCUT2D eigenvalue weighted by Gasteiger charge is 2.02. The Bertz CT molecular complexity index is 285. The third-order valence-electron chi connectivity index (χ3n) is 2.31. The van der Waals surface area contributed by atoms with Crippen LogP contribution in [0, 0.1) is 6.92 Å². The van der Waals surface area contributed by atoms with Crippen LogP contribution in [0.15, 0.2) is 0 Å². The summed E-state index contributed by atoms with van der Waals surface area (Å²) in [6, 6.07) is 0. The van der Waals surface area contributed by atoms with E-state index in [4.69, 9.17) is 0 Å². The molecule has 0 atom stereocenters. The SMILES string of the molecule is CCSCCCNCc1nnc(C)n1C. The summed E-state index contributed by atoms with van der Waals surface area (Å²) in [5.74, 6) is 4.42. The summed E-state index contributed by atoms with van der Waals surface area (Å²) in [7, 11) is 2.00. The Balaban J connectivity index is 2.12. The maximum Gasteiger partial charge on any atom is 0.146 e. The lowest BCUT2D eigenvalue weighted by Crippen LogP contribution is -2.18. The first-order valence-electron chi connectivity index (χ1n) is 5.39. The van der Waals surface area contributed by atoms with Crippen LogP contribution in [0.4, 0.5) is 0 Å². The quantitative estimate of drug-likeness (QED) is 0.716. The van der Waals surface area contributed by atoms with Crippen molar-refractivity contribution in [3.63, 3.8) is 0 Å². The van der Waals surface area contributed by atoms with Gasteiger partial charge in [-0.2, -0.15) is 11.8 Å². The maximum atomic E-state index is 4.09. The molecule has 0 aliphatic carbocycles. The molecule has 1 aromatic rings. The van der Waals surface area contributed by atoms with Crippen molar-refractivity contribution in [1.82, 2.24) is 20.1 Å². The number of nitrogens with one attached hydrogen (secondary N) is 1. The summed E-state index contributed by atoms with van der Waals surface area (Å²) in [6.07, 6.45) is 1.22. The molecule has 0 bridgehead atoms. The highest BCUT2D eigenvalue weighted by atomic mass is 32.2. The van der Waals surface area contributed by atoms with Gasteiger partial charge in [0.25, 0.3) is 0 Å². The van der Waals surface area contributed by atoms with E-state index in [0.29, 0.717) is 0 Å². The predicted molar refractivity (Wildman–Crippen MR) is 65.1 cm³/mol. The molecule has 0 radical (unpaired) electrons. The Morgan fingerprint density at radius 3 is 2.80 bits per heavy atom. The minimum Gasteiger partial charge on any atom is -0.317 e. The Morgan fingerprint density at radius 1 is 1.40 bits per heavy atom. The third kappa shape index (κ3) is 4.22. The Labute approximate surface area is 95.9 Å². The van der Waals surface area contributed by atoms with Crippen molar-refractivity contribution in [2.75, 3.05) is 18.1 Å². The van der Waals surface area contributed by atoms with E-state index in [0.717, 1.165) is 24.7 Å². The Hall–Kier alpha value is -0.550.